The van der Waals surface area contributed by atoms with E-state index in [1.807, 2.05) is 84.9 Å². The van der Waals surface area contributed by atoms with Crippen LogP contribution in [0, 0.1) is 0 Å². The molecule has 0 aliphatic rings. The summed E-state index contributed by atoms with van der Waals surface area (Å²) in [6.45, 7) is 0. The topological polar surface area (TPSA) is 54.9 Å². The molecule has 1 N–H and O–H groups in total. The number of amides is 1. The first-order valence-electron chi connectivity index (χ1n) is 9.90. The Hall–Kier alpha value is -2.32. The number of halogens is 1. The SMILES string of the molecule is O=C(CSc1nnc(SCc2ccc(Cl)cc2)s1)NC(c1ccccc1)c1ccccc1. The van der Waals surface area contributed by atoms with Crippen molar-refractivity contribution in [1.29, 1.82) is 0 Å². The molecule has 8 heteroatoms. The van der Waals surface area contributed by atoms with Crippen LogP contribution in [-0.4, -0.2) is 21.9 Å². The molecule has 4 rings (SSSR count). The van der Waals surface area contributed by atoms with Crippen LogP contribution >= 0.6 is 46.5 Å². The molecule has 0 unspecified atom stereocenters. The molecule has 0 saturated heterocycles. The van der Waals surface area contributed by atoms with E-state index in [1.54, 1.807) is 11.8 Å². The number of rotatable bonds is 9. The van der Waals surface area contributed by atoms with Gasteiger partial charge in [-0.05, 0) is 28.8 Å². The molecule has 0 fully saturated rings. The molecule has 0 saturated carbocycles. The second kappa shape index (κ2) is 11.5. The quantitative estimate of drug-likeness (QED) is 0.268. The summed E-state index contributed by atoms with van der Waals surface area (Å²) in [6.07, 6.45) is 0. The van der Waals surface area contributed by atoms with Crippen LogP contribution in [0.25, 0.3) is 0 Å². The smallest absolute Gasteiger partial charge is 0.231 e. The second-order valence-electron chi connectivity index (χ2n) is 6.86. The van der Waals surface area contributed by atoms with E-state index >= 15 is 0 Å². The van der Waals surface area contributed by atoms with Crippen LogP contribution in [0.4, 0.5) is 0 Å². The first-order valence-corrected chi connectivity index (χ1v) is 13.1. The summed E-state index contributed by atoms with van der Waals surface area (Å²) in [5.74, 6) is 1.04. The highest BCUT2D eigenvalue weighted by molar-refractivity contribution is 8.03. The van der Waals surface area contributed by atoms with E-state index in [0.29, 0.717) is 0 Å². The number of thioether (sulfide) groups is 2. The maximum absolute atomic E-state index is 12.7. The molecule has 32 heavy (non-hydrogen) atoms. The van der Waals surface area contributed by atoms with Crippen LogP contribution in [0.3, 0.4) is 0 Å². The molecule has 162 valence electrons. The summed E-state index contributed by atoms with van der Waals surface area (Å²) in [5.41, 5.74) is 3.28. The van der Waals surface area contributed by atoms with Crippen LogP contribution in [0.15, 0.2) is 93.6 Å². The average molecular weight is 498 g/mol. The minimum Gasteiger partial charge on any atom is -0.344 e. The Morgan fingerprint density at radius 1 is 0.844 bits per heavy atom. The summed E-state index contributed by atoms with van der Waals surface area (Å²) in [4.78, 5) is 12.7. The molecule has 3 aromatic carbocycles. The Balaban J connectivity index is 1.32. The minimum atomic E-state index is -0.189. The number of hydrogen-bond acceptors (Lipinski definition) is 6. The molecule has 0 aliphatic carbocycles. The molecule has 0 spiro atoms. The molecule has 0 aliphatic heterocycles. The van der Waals surface area contributed by atoms with Gasteiger partial charge in [0.05, 0.1) is 11.8 Å². The zero-order chi connectivity index (χ0) is 22.2. The molecular weight excluding hydrogens is 478 g/mol. The molecule has 1 amide bonds. The van der Waals surface area contributed by atoms with Crippen LogP contribution in [-0.2, 0) is 10.5 Å². The van der Waals surface area contributed by atoms with E-state index < -0.39 is 0 Å². The number of carbonyl (C=O) groups excluding carboxylic acids is 1. The first-order chi connectivity index (χ1) is 15.7. The van der Waals surface area contributed by atoms with Crippen LogP contribution in [0.1, 0.15) is 22.7 Å². The lowest BCUT2D eigenvalue weighted by molar-refractivity contribution is -0.119. The zero-order valence-corrected chi connectivity index (χ0v) is 20.2. The highest BCUT2D eigenvalue weighted by atomic mass is 35.5. The van der Waals surface area contributed by atoms with E-state index in [0.717, 1.165) is 30.6 Å². The highest BCUT2D eigenvalue weighted by Gasteiger charge is 2.17. The van der Waals surface area contributed by atoms with Gasteiger partial charge >= 0.3 is 0 Å². The van der Waals surface area contributed by atoms with Crippen LogP contribution < -0.4 is 5.32 Å². The van der Waals surface area contributed by atoms with Gasteiger partial charge in [0.2, 0.25) is 5.91 Å². The molecule has 0 atom stereocenters. The maximum atomic E-state index is 12.7. The minimum absolute atomic E-state index is 0.0433. The number of hydrogen-bond donors (Lipinski definition) is 1. The lowest BCUT2D eigenvalue weighted by Crippen LogP contribution is -2.30. The van der Waals surface area contributed by atoms with Crippen molar-refractivity contribution in [2.24, 2.45) is 0 Å². The predicted octanol–water partition coefficient (Wildman–Crippen LogP) is 6.48. The lowest BCUT2D eigenvalue weighted by Gasteiger charge is -2.19. The third kappa shape index (κ3) is 6.59. The Morgan fingerprint density at radius 3 is 2.00 bits per heavy atom. The van der Waals surface area contributed by atoms with E-state index in [2.05, 4.69) is 15.5 Å². The Labute approximate surface area is 204 Å². The molecule has 1 heterocycles. The molecule has 0 radical (unpaired) electrons. The van der Waals surface area contributed by atoms with E-state index in [9.17, 15) is 4.79 Å². The van der Waals surface area contributed by atoms with Gasteiger partial charge in [0.1, 0.15) is 0 Å². The predicted molar refractivity (Wildman–Crippen MR) is 135 cm³/mol. The Kier molecular flexibility index (Phi) is 8.23. The normalized spacial score (nSPS) is 10.9. The monoisotopic (exact) mass is 497 g/mol. The average Bonchev–Trinajstić information content (AvgIpc) is 3.30. The van der Waals surface area contributed by atoms with Gasteiger partial charge in [-0.3, -0.25) is 4.79 Å². The first kappa shape index (κ1) is 22.9. The van der Waals surface area contributed by atoms with Crippen LogP contribution in [0.2, 0.25) is 5.02 Å². The van der Waals surface area contributed by atoms with Gasteiger partial charge in [-0.15, -0.1) is 10.2 Å². The fourth-order valence-corrected chi connectivity index (χ4v) is 5.93. The number of aromatic nitrogens is 2. The third-order valence-corrected chi connectivity index (χ3v) is 8.07. The number of benzene rings is 3. The van der Waals surface area contributed by atoms with Gasteiger partial charge in [-0.25, -0.2) is 0 Å². The van der Waals surface area contributed by atoms with Gasteiger partial charge in [0.25, 0.3) is 0 Å². The third-order valence-electron chi connectivity index (χ3n) is 4.56. The summed E-state index contributed by atoms with van der Waals surface area (Å²) in [6, 6.07) is 27.6. The second-order valence-corrected chi connectivity index (χ2v) is 10.7. The summed E-state index contributed by atoms with van der Waals surface area (Å²) in [7, 11) is 0. The van der Waals surface area contributed by atoms with Crippen molar-refractivity contribution in [3.8, 4) is 0 Å². The fourth-order valence-electron chi connectivity index (χ4n) is 3.02. The molecule has 4 nitrogen and oxygen atoms in total. The lowest BCUT2D eigenvalue weighted by atomic mass is 9.99. The van der Waals surface area contributed by atoms with Crippen molar-refractivity contribution in [2.75, 3.05) is 5.75 Å². The van der Waals surface area contributed by atoms with Gasteiger partial charge in [-0.2, -0.15) is 0 Å². The van der Waals surface area contributed by atoms with Crippen molar-refractivity contribution >= 4 is 52.4 Å². The fraction of sp³-hybridized carbons (Fsp3) is 0.125. The Morgan fingerprint density at radius 2 is 1.41 bits per heavy atom. The molecule has 4 aromatic rings. The summed E-state index contributed by atoms with van der Waals surface area (Å²) in [5, 5.41) is 12.3. The van der Waals surface area contributed by atoms with Crippen molar-refractivity contribution in [1.82, 2.24) is 15.5 Å². The zero-order valence-electron chi connectivity index (χ0n) is 17.0. The van der Waals surface area contributed by atoms with Gasteiger partial charge in [-0.1, -0.05) is 119 Å². The van der Waals surface area contributed by atoms with Crippen molar-refractivity contribution < 1.29 is 4.79 Å². The molecular formula is C24H20ClN3OS3. The highest BCUT2D eigenvalue weighted by Crippen LogP contribution is 2.31. The number of carbonyl (C=O) groups is 1. The molecule has 0 bridgehead atoms. The standard InChI is InChI=1S/C24H20ClN3OS3/c25-20-13-11-17(12-14-20)15-30-23-27-28-24(32-23)31-16-21(29)26-22(18-7-3-1-4-8-18)19-9-5-2-6-10-19/h1-14,22H,15-16H2,(H,26,29). The van der Waals surface area contributed by atoms with Gasteiger partial charge in [0, 0.05) is 10.8 Å². The van der Waals surface area contributed by atoms with E-state index in [-0.39, 0.29) is 17.7 Å². The Bertz CT molecular complexity index is 1100. The number of nitrogens with one attached hydrogen (secondary N) is 1. The van der Waals surface area contributed by atoms with Crippen molar-refractivity contribution in [3.05, 3.63) is 107 Å². The van der Waals surface area contributed by atoms with Crippen molar-refractivity contribution in [3.63, 3.8) is 0 Å². The van der Waals surface area contributed by atoms with Gasteiger partial charge < -0.3 is 5.32 Å². The summed E-state index contributed by atoms with van der Waals surface area (Å²) >= 11 is 10.5. The van der Waals surface area contributed by atoms with E-state index in [4.69, 9.17) is 11.6 Å². The van der Waals surface area contributed by atoms with E-state index in [1.165, 1.54) is 28.7 Å². The maximum Gasteiger partial charge on any atom is 0.231 e. The number of nitrogens with zero attached hydrogens (tertiary/aromatic N) is 2. The largest absolute Gasteiger partial charge is 0.344 e. The van der Waals surface area contributed by atoms with Crippen LogP contribution in [0.5, 0.6) is 0 Å². The van der Waals surface area contributed by atoms with Crippen molar-refractivity contribution in [2.45, 2.75) is 20.5 Å². The summed E-state index contributed by atoms with van der Waals surface area (Å²) < 4.78 is 1.67. The molecule has 1 aromatic heterocycles. The van der Waals surface area contributed by atoms with Gasteiger partial charge in [0.15, 0.2) is 8.68 Å².